The molecule has 112 valence electrons. The summed E-state index contributed by atoms with van der Waals surface area (Å²) in [6, 6.07) is 6.46. The fourth-order valence-corrected chi connectivity index (χ4v) is 3.21. The molecule has 1 aliphatic rings. The molecule has 0 amide bonds. The third-order valence-electron chi connectivity index (χ3n) is 4.17. The lowest BCUT2D eigenvalue weighted by atomic mass is 10.0. The van der Waals surface area contributed by atoms with Crippen molar-refractivity contribution in [1.82, 2.24) is 10.2 Å². The Balaban J connectivity index is 1.90. The van der Waals surface area contributed by atoms with Gasteiger partial charge in [-0.05, 0) is 58.8 Å². The Morgan fingerprint density at radius 2 is 1.90 bits per heavy atom. The van der Waals surface area contributed by atoms with Crippen LogP contribution in [0.4, 0.5) is 4.39 Å². The molecule has 1 aromatic carbocycles. The highest BCUT2D eigenvalue weighted by Crippen LogP contribution is 2.23. The van der Waals surface area contributed by atoms with Gasteiger partial charge in [-0.2, -0.15) is 0 Å². The van der Waals surface area contributed by atoms with Gasteiger partial charge in [0.05, 0.1) is 0 Å². The van der Waals surface area contributed by atoms with Crippen LogP contribution in [0.1, 0.15) is 45.2 Å². The van der Waals surface area contributed by atoms with E-state index >= 15 is 0 Å². The van der Waals surface area contributed by atoms with Crippen molar-refractivity contribution in [1.29, 1.82) is 0 Å². The molecule has 1 aliphatic heterocycles. The lowest BCUT2D eigenvalue weighted by Crippen LogP contribution is -2.45. The summed E-state index contributed by atoms with van der Waals surface area (Å²) in [5.41, 5.74) is 0.750. The molecule has 0 aromatic heterocycles. The number of piperidine rings is 1. The molecule has 1 atom stereocenters. The first-order valence-electron chi connectivity index (χ1n) is 7.42. The van der Waals surface area contributed by atoms with Crippen LogP contribution < -0.4 is 5.32 Å². The average molecular weight is 343 g/mol. The van der Waals surface area contributed by atoms with E-state index in [0.29, 0.717) is 12.1 Å². The quantitative estimate of drug-likeness (QED) is 0.885. The van der Waals surface area contributed by atoms with Gasteiger partial charge < -0.3 is 10.2 Å². The topological polar surface area (TPSA) is 15.3 Å². The lowest BCUT2D eigenvalue weighted by molar-refractivity contribution is 0.157. The number of likely N-dealkylation sites (tertiary alicyclic amines) is 1. The second-order valence-corrected chi connectivity index (χ2v) is 6.87. The van der Waals surface area contributed by atoms with Crippen molar-refractivity contribution >= 4 is 15.9 Å². The first kappa shape index (κ1) is 15.9. The van der Waals surface area contributed by atoms with Gasteiger partial charge in [-0.15, -0.1) is 0 Å². The molecule has 4 heteroatoms. The maximum absolute atomic E-state index is 13.9. The largest absolute Gasteiger partial charge is 0.307 e. The number of nitrogens with one attached hydrogen (secondary N) is 1. The van der Waals surface area contributed by atoms with E-state index in [9.17, 15) is 4.39 Å². The Morgan fingerprint density at radius 1 is 1.25 bits per heavy atom. The van der Waals surface area contributed by atoms with Crippen LogP contribution in [0.3, 0.4) is 0 Å². The standard InChI is InChI=1S/C16H24BrFN2/c1-11(2)20-8-6-14(7-9-20)19-12(3)15-5-4-13(17)10-16(15)18/h4-5,10-12,14,19H,6-9H2,1-3H3. The second kappa shape index (κ2) is 7.01. The van der Waals surface area contributed by atoms with Gasteiger partial charge in [0.25, 0.3) is 0 Å². The molecule has 0 radical (unpaired) electrons. The Hall–Kier alpha value is -0.450. The van der Waals surface area contributed by atoms with Crippen LogP contribution in [0.25, 0.3) is 0 Å². The zero-order valence-electron chi connectivity index (χ0n) is 12.5. The van der Waals surface area contributed by atoms with Crippen LogP contribution in [0.2, 0.25) is 0 Å². The Kier molecular flexibility index (Phi) is 5.58. The summed E-state index contributed by atoms with van der Waals surface area (Å²) in [5.74, 6) is -0.140. The molecule has 1 saturated heterocycles. The fraction of sp³-hybridized carbons (Fsp3) is 0.625. The minimum absolute atomic E-state index is 0.0544. The molecule has 0 spiro atoms. The first-order chi connectivity index (χ1) is 9.47. The number of hydrogen-bond donors (Lipinski definition) is 1. The molecule has 0 saturated carbocycles. The lowest BCUT2D eigenvalue weighted by Gasteiger charge is -2.36. The molecule has 1 aromatic rings. The number of benzene rings is 1. The predicted molar refractivity (Wildman–Crippen MR) is 85.4 cm³/mol. The van der Waals surface area contributed by atoms with Crippen molar-refractivity contribution in [3.05, 3.63) is 34.1 Å². The highest BCUT2D eigenvalue weighted by atomic mass is 79.9. The number of nitrogens with zero attached hydrogens (tertiary/aromatic N) is 1. The predicted octanol–water partition coefficient (Wildman–Crippen LogP) is 4.11. The maximum Gasteiger partial charge on any atom is 0.129 e. The van der Waals surface area contributed by atoms with Crippen LogP contribution >= 0.6 is 15.9 Å². The van der Waals surface area contributed by atoms with Gasteiger partial charge in [-0.1, -0.05) is 22.0 Å². The van der Waals surface area contributed by atoms with Crippen molar-refractivity contribution in [2.24, 2.45) is 0 Å². The van der Waals surface area contributed by atoms with E-state index in [1.54, 1.807) is 0 Å². The van der Waals surface area contributed by atoms with E-state index in [4.69, 9.17) is 0 Å². The highest BCUT2D eigenvalue weighted by Gasteiger charge is 2.22. The van der Waals surface area contributed by atoms with Gasteiger partial charge in [-0.3, -0.25) is 0 Å². The Morgan fingerprint density at radius 3 is 2.45 bits per heavy atom. The number of halogens is 2. The molecule has 2 nitrogen and oxygen atoms in total. The third kappa shape index (κ3) is 4.03. The zero-order chi connectivity index (χ0) is 14.7. The van der Waals surface area contributed by atoms with Crippen molar-refractivity contribution in [3.8, 4) is 0 Å². The number of hydrogen-bond acceptors (Lipinski definition) is 2. The van der Waals surface area contributed by atoms with Gasteiger partial charge in [0, 0.05) is 28.2 Å². The smallest absolute Gasteiger partial charge is 0.129 e. The molecular weight excluding hydrogens is 319 g/mol. The van der Waals surface area contributed by atoms with Gasteiger partial charge in [0.15, 0.2) is 0 Å². The number of rotatable bonds is 4. The summed E-state index contributed by atoms with van der Waals surface area (Å²) in [5, 5.41) is 3.57. The van der Waals surface area contributed by atoms with Crippen LogP contribution in [0.15, 0.2) is 22.7 Å². The summed E-state index contributed by atoms with van der Waals surface area (Å²) in [6.07, 6.45) is 2.28. The summed E-state index contributed by atoms with van der Waals surface area (Å²) in [4.78, 5) is 2.50. The molecule has 20 heavy (non-hydrogen) atoms. The molecular formula is C16H24BrFN2. The summed E-state index contributed by atoms with van der Waals surface area (Å²) >= 11 is 3.30. The van der Waals surface area contributed by atoms with Crippen molar-refractivity contribution in [2.75, 3.05) is 13.1 Å². The van der Waals surface area contributed by atoms with E-state index < -0.39 is 0 Å². The van der Waals surface area contributed by atoms with Gasteiger partial charge in [0.2, 0.25) is 0 Å². The van der Waals surface area contributed by atoms with Gasteiger partial charge >= 0.3 is 0 Å². The van der Waals surface area contributed by atoms with Gasteiger partial charge in [-0.25, -0.2) is 4.39 Å². The maximum atomic E-state index is 13.9. The average Bonchev–Trinajstić information content (AvgIpc) is 2.39. The summed E-state index contributed by atoms with van der Waals surface area (Å²) in [6.45, 7) is 8.79. The van der Waals surface area contributed by atoms with Crippen molar-refractivity contribution in [2.45, 2.75) is 51.7 Å². The molecule has 0 bridgehead atoms. The fourth-order valence-electron chi connectivity index (χ4n) is 2.88. The van der Waals surface area contributed by atoms with E-state index in [1.165, 1.54) is 6.07 Å². The van der Waals surface area contributed by atoms with Gasteiger partial charge in [0.1, 0.15) is 5.82 Å². The summed E-state index contributed by atoms with van der Waals surface area (Å²) < 4.78 is 14.7. The van der Waals surface area contributed by atoms with E-state index in [2.05, 4.69) is 40.0 Å². The van der Waals surface area contributed by atoms with Crippen LogP contribution in [-0.2, 0) is 0 Å². The Labute approximate surface area is 129 Å². The monoisotopic (exact) mass is 342 g/mol. The highest BCUT2D eigenvalue weighted by molar-refractivity contribution is 9.10. The molecule has 0 aliphatic carbocycles. The first-order valence-corrected chi connectivity index (χ1v) is 8.21. The Bertz CT molecular complexity index is 442. The van der Waals surface area contributed by atoms with Crippen LogP contribution in [-0.4, -0.2) is 30.1 Å². The van der Waals surface area contributed by atoms with Crippen molar-refractivity contribution < 1.29 is 4.39 Å². The second-order valence-electron chi connectivity index (χ2n) is 5.96. The molecule has 1 N–H and O–H groups in total. The van der Waals surface area contributed by atoms with Crippen molar-refractivity contribution in [3.63, 3.8) is 0 Å². The molecule has 2 rings (SSSR count). The van der Waals surface area contributed by atoms with Crippen LogP contribution in [0.5, 0.6) is 0 Å². The zero-order valence-corrected chi connectivity index (χ0v) is 14.1. The molecule has 1 unspecified atom stereocenters. The third-order valence-corrected chi connectivity index (χ3v) is 4.67. The van der Waals surface area contributed by atoms with E-state index in [0.717, 1.165) is 36.0 Å². The SMILES string of the molecule is CC(NC1CCN(C(C)C)CC1)c1ccc(Br)cc1F. The normalized spacial score (nSPS) is 19.5. The molecule has 1 heterocycles. The van der Waals surface area contributed by atoms with Crippen LogP contribution in [0, 0.1) is 5.82 Å². The van der Waals surface area contributed by atoms with E-state index in [-0.39, 0.29) is 11.9 Å². The summed E-state index contributed by atoms with van der Waals surface area (Å²) in [7, 11) is 0. The minimum Gasteiger partial charge on any atom is -0.307 e. The van der Waals surface area contributed by atoms with E-state index in [1.807, 2.05) is 19.1 Å². The molecule has 1 fully saturated rings. The minimum atomic E-state index is -0.140.